The summed E-state index contributed by atoms with van der Waals surface area (Å²) in [5.74, 6) is 0.364. The number of halogens is 3. The SMILES string of the molecule is O=C(NC1CCN(C[C@@H](O)c2ccc(C(F)(F)F)cc2)CC1)C1CC1. The van der Waals surface area contributed by atoms with Crippen LogP contribution >= 0.6 is 0 Å². The average Bonchev–Trinajstić information content (AvgIpc) is 3.41. The Hall–Kier alpha value is -1.60. The number of likely N-dealkylation sites (tertiary alicyclic amines) is 1. The van der Waals surface area contributed by atoms with E-state index in [1.807, 2.05) is 0 Å². The molecule has 2 N–H and O–H groups in total. The zero-order valence-electron chi connectivity index (χ0n) is 13.9. The highest BCUT2D eigenvalue weighted by Crippen LogP contribution is 2.31. The summed E-state index contributed by atoms with van der Waals surface area (Å²) in [4.78, 5) is 13.9. The molecule has 1 aliphatic heterocycles. The number of hydrogen-bond donors (Lipinski definition) is 2. The molecule has 0 unspecified atom stereocenters. The van der Waals surface area contributed by atoms with Crippen LogP contribution in [0.2, 0.25) is 0 Å². The van der Waals surface area contributed by atoms with E-state index in [1.54, 1.807) is 0 Å². The van der Waals surface area contributed by atoms with Gasteiger partial charge in [-0.15, -0.1) is 0 Å². The van der Waals surface area contributed by atoms with Crippen LogP contribution in [-0.4, -0.2) is 41.6 Å². The third kappa shape index (κ3) is 4.95. The molecule has 7 heteroatoms. The number of benzene rings is 1. The van der Waals surface area contributed by atoms with Crippen LogP contribution in [0.4, 0.5) is 13.2 Å². The maximum atomic E-state index is 12.6. The molecule has 2 aliphatic rings. The molecule has 1 aromatic carbocycles. The minimum Gasteiger partial charge on any atom is -0.387 e. The standard InChI is InChI=1S/C18H23F3N2O2/c19-18(20,21)14-5-3-12(4-6-14)16(24)11-23-9-7-15(8-10-23)22-17(25)13-1-2-13/h3-6,13,15-16,24H,1-2,7-11H2,(H,22,25)/t16-/m1/s1. The molecule has 1 aliphatic carbocycles. The van der Waals surface area contributed by atoms with Gasteiger partial charge < -0.3 is 15.3 Å². The predicted molar refractivity (Wildman–Crippen MR) is 86.7 cm³/mol. The number of amides is 1. The predicted octanol–water partition coefficient (Wildman–Crippen LogP) is 2.73. The van der Waals surface area contributed by atoms with E-state index < -0.39 is 17.8 Å². The van der Waals surface area contributed by atoms with Gasteiger partial charge in [-0.1, -0.05) is 12.1 Å². The second kappa shape index (κ2) is 7.33. The number of rotatable bonds is 5. The van der Waals surface area contributed by atoms with Crippen LogP contribution in [0.1, 0.15) is 42.9 Å². The average molecular weight is 356 g/mol. The topological polar surface area (TPSA) is 52.6 Å². The minimum absolute atomic E-state index is 0.156. The smallest absolute Gasteiger partial charge is 0.387 e. The summed E-state index contributed by atoms with van der Waals surface area (Å²) in [5.41, 5.74) is -0.229. The fraction of sp³-hybridized carbons (Fsp3) is 0.611. The maximum Gasteiger partial charge on any atom is 0.416 e. The van der Waals surface area contributed by atoms with Crippen LogP contribution in [0.15, 0.2) is 24.3 Å². The molecule has 4 nitrogen and oxygen atoms in total. The van der Waals surface area contributed by atoms with Crippen molar-refractivity contribution in [2.45, 2.75) is 44.0 Å². The first-order chi connectivity index (χ1) is 11.8. The second-order valence-corrected chi connectivity index (χ2v) is 6.99. The molecule has 0 bridgehead atoms. The van der Waals surface area contributed by atoms with Gasteiger partial charge in [0.1, 0.15) is 0 Å². The molecular formula is C18H23F3N2O2. The molecule has 1 heterocycles. The Balaban J connectivity index is 1.45. The summed E-state index contributed by atoms with van der Waals surface area (Å²) >= 11 is 0. The summed E-state index contributed by atoms with van der Waals surface area (Å²) in [6.45, 7) is 1.90. The van der Waals surface area contributed by atoms with Gasteiger partial charge in [0.2, 0.25) is 5.91 Å². The van der Waals surface area contributed by atoms with Crippen molar-refractivity contribution in [3.8, 4) is 0 Å². The Kier molecular flexibility index (Phi) is 5.34. The third-order valence-corrected chi connectivity index (χ3v) is 4.94. The Morgan fingerprint density at radius 2 is 1.76 bits per heavy atom. The molecular weight excluding hydrogens is 333 g/mol. The Bertz CT molecular complexity index is 591. The highest BCUT2D eigenvalue weighted by molar-refractivity contribution is 5.81. The number of hydrogen-bond acceptors (Lipinski definition) is 3. The van der Waals surface area contributed by atoms with Gasteiger partial charge >= 0.3 is 6.18 Å². The summed E-state index contributed by atoms with van der Waals surface area (Å²) in [6, 6.07) is 4.84. The van der Waals surface area contributed by atoms with Gasteiger partial charge in [-0.2, -0.15) is 13.2 Å². The molecule has 1 saturated heterocycles. The van der Waals surface area contributed by atoms with E-state index in [1.165, 1.54) is 12.1 Å². The summed E-state index contributed by atoms with van der Waals surface area (Å²) in [7, 11) is 0. The van der Waals surface area contributed by atoms with Crippen molar-refractivity contribution in [3.05, 3.63) is 35.4 Å². The molecule has 2 fully saturated rings. The minimum atomic E-state index is -4.36. The van der Waals surface area contributed by atoms with Crippen molar-refractivity contribution in [1.82, 2.24) is 10.2 Å². The Morgan fingerprint density at radius 3 is 2.28 bits per heavy atom. The van der Waals surface area contributed by atoms with E-state index in [4.69, 9.17) is 0 Å². The molecule has 1 saturated carbocycles. The largest absolute Gasteiger partial charge is 0.416 e. The number of alkyl halides is 3. The first-order valence-electron chi connectivity index (χ1n) is 8.71. The number of β-amino-alcohol motifs (C(OH)–C–C–N with tert-alkyl or cyclic N) is 1. The number of aliphatic hydroxyl groups excluding tert-OH is 1. The lowest BCUT2D eigenvalue weighted by molar-refractivity contribution is -0.137. The van der Waals surface area contributed by atoms with Crippen LogP contribution in [0.25, 0.3) is 0 Å². The first kappa shape index (κ1) is 18.2. The third-order valence-electron chi connectivity index (χ3n) is 4.94. The van der Waals surface area contributed by atoms with Crippen LogP contribution < -0.4 is 5.32 Å². The molecule has 1 atom stereocenters. The maximum absolute atomic E-state index is 12.6. The van der Waals surface area contributed by atoms with E-state index in [-0.39, 0.29) is 17.9 Å². The van der Waals surface area contributed by atoms with E-state index in [9.17, 15) is 23.1 Å². The molecule has 0 spiro atoms. The zero-order chi connectivity index (χ0) is 18.0. The van der Waals surface area contributed by atoms with Crippen LogP contribution in [0.5, 0.6) is 0 Å². The van der Waals surface area contributed by atoms with Crippen molar-refractivity contribution < 1.29 is 23.1 Å². The van der Waals surface area contributed by atoms with E-state index >= 15 is 0 Å². The van der Waals surface area contributed by atoms with Crippen molar-refractivity contribution in [1.29, 1.82) is 0 Å². The molecule has 25 heavy (non-hydrogen) atoms. The molecule has 138 valence electrons. The van der Waals surface area contributed by atoms with E-state index in [0.717, 1.165) is 50.9 Å². The van der Waals surface area contributed by atoms with Gasteiger partial charge in [-0.05, 0) is 43.4 Å². The lowest BCUT2D eigenvalue weighted by Gasteiger charge is -2.33. The fourth-order valence-electron chi connectivity index (χ4n) is 3.17. The molecule has 1 amide bonds. The van der Waals surface area contributed by atoms with Crippen molar-refractivity contribution in [2.24, 2.45) is 5.92 Å². The number of nitrogens with zero attached hydrogens (tertiary/aromatic N) is 1. The van der Waals surface area contributed by atoms with E-state index in [2.05, 4.69) is 10.2 Å². The highest BCUT2D eigenvalue weighted by Gasteiger charge is 2.32. The Morgan fingerprint density at radius 1 is 1.16 bits per heavy atom. The van der Waals surface area contributed by atoms with Crippen molar-refractivity contribution >= 4 is 5.91 Å². The van der Waals surface area contributed by atoms with Crippen molar-refractivity contribution in [2.75, 3.05) is 19.6 Å². The molecule has 0 aromatic heterocycles. The number of carbonyl (C=O) groups excluding carboxylic acids is 1. The molecule has 0 radical (unpaired) electrons. The second-order valence-electron chi connectivity index (χ2n) is 6.99. The summed E-state index contributed by atoms with van der Waals surface area (Å²) in [6.07, 6.45) is -1.54. The normalized spacial score (nSPS) is 21.1. The van der Waals surface area contributed by atoms with Gasteiger partial charge in [-0.3, -0.25) is 4.79 Å². The summed E-state index contributed by atoms with van der Waals surface area (Å²) in [5, 5.41) is 13.3. The fourth-order valence-corrected chi connectivity index (χ4v) is 3.17. The van der Waals surface area contributed by atoms with Gasteiger partial charge in [0, 0.05) is 31.6 Å². The Labute approximate surface area is 145 Å². The van der Waals surface area contributed by atoms with Gasteiger partial charge in [0.25, 0.3) is 0 Å². The number of nitrogens with one attached hydrogen (secondary N) is 1. The number of aliphatic hydroxyl groups is 1. The van der Waals surface area contributed by atoms with Gasteiger partial charge in [0.15, 0.2) is 0 Å². The quantitative estimate of drug-likeness (QED) is 0.853. The zero-order valence-corrected chi connectivity index (χ0v) is 13.9. The first-order valence-corrected chi connectivity index (χ1v) is 8.71. The summed E-state index contributed by atoms with van der Waals surface area (Å²) < 4.78 is 37.7. The lowest BCUT2D eigenvalue weighted by atomic mass is 10.0. The van der Waals surface area contributed by atoms with E-state index in [0.29, 0.717) is 12.1 Å². The lowest BCUT2D eigenvalue weighted by Crippen LogP contribution is -2.46. The van der Waals surface area contributed by atoms with Gasteiger partial charge in [0.05, 0.1) is 11.7 Å². The van der Waals surface area contributed by atoms with Crippen LogP contribution in [0, 0.1) is 5.92 Å². The van der Waals surface area contributed by atoms with Crippen molar-refractivity contribution in [3.63, 3.8) is 0 Å². The van der Waals surface area contributed by atoms with Crippen LogP contribution in [-0.2, 0) is 11.0 Å². The molecule has 1 aromatic rings. The van der Waals surface area contributed by atoms with Gasteiger partial charge in [-0.25, -0.2) is 0 Å². The molecule has 3 rings (SSSR count). The van der Waals surface area contributed by atoms with Crippen LogP contribution in [0.3, 0.4) is 0 Å². The monoisotopic (exact) mass is 356 g/mol. The number of piperidine rings is 1. The highest BCUT2D eigenvalue weighted by atomic mass is 19.4. The number of carbonyl (C=O) groups is 1.